The van der Waals surface area contributed by atoms with Gasteiger partial charge in [-0.2, -0.15) is 0 Å². The van der Waals surface area contributed by atoms with E-state index in [0.29, 0.717) is 11.6 Å². The number of aliphatic hydroxyl groups excluding tert-OH is 1. The SMILES string of the molecule is CC(C)(C)[Si](C)(C)OCc1ccc(Cl)cc1CO. The first kappa shape index (κ1) is 15.7. The highest BCUT2D eigenvalue weighted by molar-refractivity contribution is 6.74. The Kier molecular flexibility index (Phi) is 5.01. The largest absolute Gasteiger partial charge is 0.413 e. The number of hydrogen-bond acceptors (Lipinski definition) is 2. The Hall–Kier alpha value is -0.353. The smallest absolute Gasteiger partial charge is 0.192 e. The van der Waals surface area contributed by atoms with Gasteiger partial charge >= 0.3 is 0 Å². The van der Waals surface area contributed by atoms with Gasteiger partial charge in [0.25, 0.3) is 0 Å². The highest BCUT2D eigenvalue weighted by Crippen LogP contribution is 2.37. The van der Waals surface area contributed by atoms with E-state index >= 15 is 0 Å². The van der Waals surface area contributed by atoms with Crippen molar-refractivity contribution in [1.29, 1.82) is 0 Å². The summed E-state index contributed by atoms with van der Waals surface area (Å²) in [4.78, 5) is 0. The molecule has 18 heavy (non-hydrogen) atoms. The Labute approximate surface area is 116 Å². The Balaban J connectivity index is 2.81. The number of halogens is 1. The second-order valence-corrected chi connectivity index (χ2v) is 11.4. The molecule has 2 nitrogen and oxygen atoms in total. The number of benzene rings is 1. The molecule has 1 aromatic carbocycles. The van der Waals surface area contributed by atoms with Gasteiger partial charge in [0, 0.05) is 5.02 Å². The van der Waals surface area contributed by atoms with Crippen molar-refractivity contribution < 1.29 is 9.53 Å². The van der Waals surface area contributed by atoms with Crippen molar-refractivity contribution in [3.05, 3.63) is 34.3 Å². The van der Waals surface area contributed by atoms with Crippen molar-refractivity contribution in [2.75, 3.05) is 0 Å². The normalized spacial score (nSPS) is 12.8. The Bertz CT molecular complexity index is 411. The minimum atomic E-state index is -1.75. The second-order valence-electron chi connectivity index (χ2n) is 6.12. The van der Waals surface area contributed by atoms with Gasteiger partial charge in [0.2, 0.25) is 0 Å². The molecule has 0 saturated heterocycles. The van der Waals surface area contributed by atoms with E-state index in [1.807, 2.05) is 12.1 Å². The van der Waals surface area contributed by atoms with E-state index in [4.69, 9.17) is 16.0 Å². The third kappa shape index (κ3) is 3.82. The van der Waals surface area contributed by atoms with Crippen LogP contribution in [-0.4, -0.2) is 13.4 Å². The molecule has 0 aliphatic heterocycles. The Morgan fingerprint density at radius 3 is 2.33 bits per heavy atom. The first-order chi connectivity index (χ1) is 8.17. The van der Waals surface area contributed by atoms with Crippen LogP contribution >= 0.6 is 11.6 Å². The van der Waals surface area contributed by atoms with E-state index in [-0.39, 0.29) is 11.6 Å². The molecule has 1 rings (SSSR count). The van der Waals surface area contributed by atoms with Gasteiger partial charge in [-0.1, -0.05) is 38.4 Å². The van der Waals surface area contributed by atoms with Crippen LogP contribution in [0.4, 0.5) is 0 Å². The topological polar surface area (TPSA) is 29.5 Å². The van der Waals surface area contributed by atoms with Crippen LogP contribution in [0.2, 0.25) is 23.2 Å². The molecule has 0 amide bonds. The third-order valence-corrected chi connectivity index (χ3v) is 8.45. The molecular weight excluding hydrogens is 264 g/mol. The quantitative estimate of drug-likeness (QED) is 0.834. The average molecular weight is 287 g/mol. The van der Waals surface area contributed by atoms with Crippen LogP contribution in [-0.2, 0) is 17.6 Å². The zero-order valence-electron chi connectivity index (χ0n) is 11.9. The molecule has 0 spiro atoms. The van der Waals surface area contributed by atoms with E-state index in [2.05, 4.69) is 33.9 Å². The van der Waals surface area contributed by atoms with Gasteiger partial charge in [-0.05, 0) is 41.4 Å². The van der Waals surface area contributed by atoms with Crippen LogP contribution in [0.3, 0.4) is 0 Å². The van der Waals surface area contributed by atoms with Crippen molar-refractivity contribution in [2.24, 2.45) is 0 Å². The fraction of sp³-hybridized carbons (Fsp3) is 0.571. The summed E-state index contributed by atoms with van der Waals surface area (Å²) >= 11 is 5.92. The average Bonchev–Trinajstić information content (AvgIpc) is 2.25. The zero-order chi connectivity index (χ0) is 14.0. The maximum Gasteiger partial charge on any atom is 0.192 e. The van der Waals surface area contributed by atoms with Gasteiger partial charge in [0.15, 0.2) is 8.32 Å². The van der Waals surface area contributed by atoms with Crippen molar-refractivity contribution in [2.45, 2.75) is 52.1 Å². The molecule has 0 fully saturated rings. The van der Waals surface area contributed by atoms with Gasteiger partial charge in [-0.25, -0.2) is 0 Å². The summed E-state index contributed by atoms with van der Waals surface area (Å²) in [5.74, 6) is 0. The van der Waals surface area contributed by atoms with Crippen LogP contribution in [0.1, 0.15) is 31.9 Å². The summed E-state index contributed by atoms with van der Waals surface area (Å²) in [5.41, 5.74) is 1.87. The van der Waals surface area contributed by atoms with E-state index in [1.54, 1.807) is 6.07 Å². The molecule has 0 bridgehead atoms. The molecule has 0 saturated carbocycles. The predicted octanol–water partition coefficient (Wildman–Crippen LogP) is 4.35. The summed E-state index contributed by atoms with van der Waals surface area (Å²) in [6.45, 7) is 11.6. The fourth-order valence-corrected chi connectivity index (χ4v) is 2.50. The minimum Gasteiger partial charge on any atom is -0.413 e. The third-order valence-electron chi connectivity index (χ3n) is 3.73. The molecule has 0 aliphatic rings. The molecule has 0 radical (unpaired) electrons. The van der Waals surface area contributed by atoms with E-state index in [0.717, 1.165) is 11.1 Å². The maximum absolute atomic E-state index is 9.33. The van der Waals surface area contributed by atoms with E-state index in [1.165, 1.54) is 0 Å². The molecular formula is C14H23ClO2Si. The minimum absolute atomic E-state index is 0.00322. The number of hydrogen-bond donors (Lipinski definition) is 1. The van der Waals surface area contributed by atoms with Crippen molar-refractivity contribution in [3.63, 3.8) is 0 Å². The van der Waals surface area contributed by atoms with E-state index in [9.17, 15) is 5.11 Å². The fourth-order valence-electron chi connectivity index (χ4n) is 1.36. The summed E-state index contributed by atoms with van der Waals surface area (Å²) in [6, 6.07) is 5.57. The Morgan fingerprint density at radius 2 is 1.83 bits per heavy atom. The van der Waals surface area contributed by atoms with Crippen LogP contribution in [0.5, 0.6) is 0 Å². The van der Waals surface area contributed by atoms with Crippen molar-refractivity contribution >= 4 is 19.9 Å². The molecule has 102 valence electrons. The lowest BCUT2D eigenvalue weighted by Crippen LogP contribution is -2.40. The molecule has 1 N–H and O–H groups in total. The van der Waals surface area contributed by atoms with Crippen LogP contribution < -0.4 is 0 Å². The van der Waals surface area contributed by atoms with Crippen LogP contribution in [0, 0.1) is 0 Å². The molecule has 0 unspecified atom stereocenters. The standard InChI is InChI=1S/C14H23ClO2Si/c1-14(2,3)18(4,5)17-10-11-6-7-13(15)8-12(11)9-16/h6-8,16H,9-10H2,1-5H3. The van der Waals surface area contributed by atoms with Crippen LogP contribution in [0.15, 0.2) is 18.2 Å². The highest BCUT2D eigenvalue weighted by Gasteiger charge is 2.37. The summed E-state index contributed by atoms with van der Waals surface area (Å²) < 4.78 is 6.15. The van der Waals surface area contributed by atoms with Gasteiger partial charge in [0.05, 0.1) is 13.2 Å². The first-order valence-electron chi connectivity index (χ1n) is 6.19. The zero-order valence-corrected chi connectivity index (χ0v) is 13.6. The molecule has 0 aliphatic carbocycles. The summed E-state index contributed by atoms with van der Waals surface area (Å²) in [6.07, 6.45) is 0. The first-order valence-corrected chi connectivity index (χ1v) is 9.48. The molecule has 0 atom stereocenters. The van der Waals surface area contributed by atoms with E-state index < -0.39 is 8.32 Å². The molecule has 4 heteroatoms. The maximum atomic E-state index is 9.33. The lowest BCUT2D eigenvalue weighted by atomic mass is 10.1. The highest BCUT2D eigenvalue weighted by atomic mass is 35.5. The molecule has 1 aromatic rings. The molecule has 0 aromatic heterocycles. The monoisotopic (exact) mass is 286 g/mol. The van der Waals surface area contributed by atoms with Crippen molar-refractivity contribution in [1.82, 2.24) is 0 Å². The number of aliphatic hydroxyl groups is 1. The second kappa shape index (κ2) is 5.74. The predicted molar refractivity (Wildman–Crippen MR) is 79.4 cm³/mol. The van der Waals surface area contributed by atoms with Gasteiger partial charge in [0.1, 0.15) is 0 Å². The summed E-state index contributed by atoms with van der Waals surface area (Å²) in [5, 5.41) is 10.2. The number of rotatable bonds is 4. The van der Waals surface area contributed by atoms with Gasteiger partial charge in [-0.3, -0.25) is 0 Å². The Morgan fingerprint density at radius 1 is 1.22 bits per heavy atom. The summed E-state index contributed by atoms with van der Waals surface area (Å²) in [7, 11) is -1.75. The van der Waals surface area contributed by atoms with Gasteiger partial charge < -0.3 is 9.53 Å². The van der Waals surface area contributed by atoms with Crippen molar-refractivity contribution in [3.8, 4) is 0 Å². The lowest BCUT2D eigenvalue weighted by Gasteiger charge is -2.36. The van der Waals surface area contributed by atoms with Gasteiger partial charge in [-0.15, -0.1) is 0 Å². The van der Waals surface area contributed by atoms with Crippen LogP contribution in [0.25, 0.3) is 0 Å². The molecule has 0 heterocycles. The lowest BCUT2D eigenvalue weighted by molar-refractivity contribution is 0.258.